The quantitative estimate of drug-likeness (QED) is 0.497. The molecule has 3 rings (SSSR count). The number of Topliss-reactive ketones (excluding diaryl/α,β-unsaturated/α-hetero) is 1. The summed E-state index contributed by atoms with van der Waals surface area (Å²) in [6.45, 7) is 10.2. The average Bonchev–Trinajstić information content (AvgIpc) is 2.68. The fourth-order valence-corrected chi connectivity index (χ4v) is 3.19. The third-order valence-corrected chi connectivity index (χ3v) is 4.71. The molecule has 150 valence electrons. The minimum absolute atomic E-state index is 0.0170. The summed E-state index contributed by atoms with van der Waals surface area (Å²) < 4.78 is 0. The molecule has 0 radical (unpaired) electrons. The first kappa shape index (κ1) is 20.5. The lowest BCUT2D eigenvalue weighted by molar-refractivity contribution is 0.101. The van der Waals surface area contributed by atoms with Gasteiger partial charge in [0.25, 0.3) is 0 Å². The normalized spacial score (nSPS) is 11.0. The minimum Gasteiger partial charge on any atom is -0.339 e. The van der Waals surface area contributed by atoms with Gasteiger partial charge in [-0.2, -0.15) is 10.1 Å². The van der Waals surface area contributed by atoms with E-state index in [0.717, 1.165) is 11.4 Å². The predicted octanol–water partition coefficient (Wildman–Crippen LogP) is 5.81. The molecule has 0 atom stereocenters. The van der Waals surface area contributed by atoms with Crippen LogP contribution in [0, 0.1) is 0 Å². The van der Waals surface area contributed by atoms with E-state index >= 15 is 0 Å². The second kappa shape index (κ2) is 8.82. The molecular weight excluding hydrogens is 362 g/mol. The van der Waals surface area contributed by atoms with Gasteiger partial charge in [-0.1, -0.05) is 58.0 Å². The number of hydrogen-bond acceptors (Lipinski definition) is 6. The number of anilines is 4. The molecule has 2 aromatic carbocycles. The van der Waals surface area contributed by atoms with Crippen LogP contribution in [0.3, 0.4) is 0 Å². The zero-order valence-corrected chi connectivity index (χ0v) is 17.5. The fraction of sp³-hybridized carbons (Fsp3) is 0.304. The summed E-state index contributed by atoms with van der Waals surface area (Å²) in [5.74, 6) is 1.71. The van der Waals surface area contributed by atoms with E-state index in [-0.39, 0.29) is 5.78 Å². The van der Waals surface area contributed by atoms with Gasteiger partial charge in [-0.05, 0) is 42.0 Å². The molecule has 29 heavy (non-hydrogen) atoms. The van der Waals surface area contributed by atoms with Crippen LogP contribution in [0.15, 0.2) is 48.7 Å². The van der Waals surface area contributed by atoms with Crippen molar-refractivity contribution in [3.63, 3.8) is 0 Å². The molecule has 0 saturated heterocycles. The first-order valence-electron chi connectivity index (χ1n) is 9.82. The number of aromatic nitrogens is 3. The SMILES string of the molecule is CC(=O)c1cccc(Nc2cnnc(Nc3c(C(C)C)cccc3C(C)C)n2)c1. The van der Waals surface area contributed by atoms with E-state index in [0.29, 0.717) is 29.2 Å². The van der Waals surface area contributed by atoms with Crippen LogP contribution in [0.25, 0.3) is 0 Å². The number of carbonyl (C=O) groups is 1. The molecular formula is C23H27N5O. The Morgan fingerprint density at radius 1 is 0.931 bits per heavy atom. The van der Waals surface area contributed by atoms with Crippen molar-refractivity contribution in [1.29, 1.82) is 0 Å². The molecule has 0 spiro atoms. The van der Waals surface area contributed by atoms with E-state index in [2.05, 4.69) is 71.7 Å². The number of nitrogens with zero attached hydrogens (tertiary/aromatic N) is 3. The maximum atomic E-state index is 11.6. The standard InChI is InChI=1S/C23H27N5O/c1-14(2)19-10-7-11-20(15(3)4)22(19)27-23-26-21(13-24-28-23)25-18-9-6-8-17(12-18)16(5)29/h6-15H,1-5H3,(H2,25,26,27,28). The Balaban J connectivity index is 1.90. The number of benzene rings is 2. The fourth-order valence-electron chi connectivity index (χ4n) is 3.19. The maximum Gasteiger partial charge on any atom is 0.249 e. The highest BCUT2D eigenvalue weighted by molar-refractivity contribution is 5.95. The van der Waals surface area contributed by atoms with Crippen molar-refractivity contribution in [2.75, 3.05) is 10.6 Å². The summed E-state index contributed by atoms with van der Waals surface area (Å²) in [7, 11) is 0. The highest BCUT2D eigenvalue weighted by atomic mass is 16.1. The summed E-state index contributed by atoms with van der Waals surface area (Å²) in [6, 6.07) is 13.6. The lowest BCUT2D eigenvalue weighted by Crippen LogP contribution is -2.07. The van der Waals surface area contributed by atoms with Gasteiger partial charge in [-0.15, -0.1) is 5.10 Å². The van der Waals surface area contributed by atoms with Gasteiger partial charge in [0.05, 0.1) is 6.20 Å². The van der Waals surface area contributed by atoms with Crippen molar-refractivity contribution >= 4 is 28.9 Å². The van der Waals surface area contributed by atoms with Crippen molar-refractivity contribution in [3.05, 3.63) is 65.4 Å². The van der Waals surface area contributed by atoms with Gasteiger partial charge in [0.1, 0.15) is 0 Å². The number of rotatable bonds is 7. The number of para-hydroxylation sites is 1. The van der Waals surface area contributed by atoms with Crippen LogP contribution in [-0.4, -0.2) is 21.0 Å². The predicted molar refractivity (Wildman–Crippen MR) is 117 cm³/mol. The van der Waals surface area contributed by atoms with Gasteiger partial charge in [0.15, 0.2) is 11.6 Å². The second-order valence-electron chi connectivity index (χ2n) is 7.67. The van der Waals surface area contributed by atoms with Gasteiger partial charge in [-0.25, -0.2) is 0 Å². The first-order valence-corrected chi connectivity index (χ1v) is 9.82. The van der Waals surface area contributed by atoms with Gasteiger partial charge in [0.2, 0.25) is 5.95 Å². The third-order valence-electron chi connectivity index (χ3n) is 4.71. The Hall–Kier alpha value is -3.28. The lowest BCUT2D eigenvalue weighted by Gasteiger charge is -2.20. The Labute approximate surface area is 171 Å². The molecule has 1 aromatic heterocycles. The summed E-state index contributed by atoms with van der Waals surface area (Å²) in [4.78, 5) is 16.2. The zero-order valence-electron chi connectivity index (χ0n) is 17.5. The smallest absolute Gasteiger partial charge is 0.249 e. The third kappa shape index (κ3) is 4.96. The Morgan fingerprint density at radius 2 is 1.59 bits per heavy atom. The molecule has 0 unspecified atom stereocenters. The van der Waals surface area contributed by atoms with Crippen molar-refractivity contribution < 1.29 is 4.79 Å². The topological polar surface area (TPSA) is 79.8 Å². The molecule has 6 heteroatoms. The number of carbonyl (C=O) groups excluding carboxylic acids is 1. The largest absolute Gasteiger partial charge is 0.339 e. The number of nitrogens with one attached hydrogen (secondary N) is 2. The van der Waals surface area contributed by atoms with Gasteiger partial charge in [-0.3, -0.25) is 4.79 Å². The Kier molecular flexibility index (Phi) is 6.22. The summed E-state index contributed by atoms with van der Waals surface area (Å²) in [5, 5.41) is 14.8. The molecule has 0 saturated carbocycles. The highest BCUT2D eigenvalue weighted by Gasteiger charge is 2.15. The first-order chi connectivity index (χ1) is 13.8. The van der Waals surface area contributed by atoms with Crippen LogP contribution in [0.5, 0.6) is 0 Å². The molecule has 0 bridgehead atoms. The van der Waals surface area contributed by atoms with Crippen molar-refractivity contribution in [2.24, 2.45) is 0 Å². The average molecular weight is 390 g/mol. The monoisotopic (exact) mass is 389 g/mol. The Bertz CT molecular complexity index is 987. The lowest BCUT2D eigenvalue weighted by atomic mass is 9.93. The summed E-state index contributed by atoms with van der Waals surface area (Å²) in [6.07, 6.45) is 1.56. The van der Waals surface area contributed by atoms with Crippen LogP contribution >= 0.6 is 0 Å². The van der Waals surface area contributed by atoms with Crippen molar-refractivity contribution in [2.45, 2.75) is 46.5 Å². The maximum absolute atomic E-state index is 11.6. The van der Waals surface area contributed by atoms with Crippen LogP contribution in [0.2, 0.25) is 0 Å². The van der Waals surface area contributed by atoms with E-state index in [1.54, 1.807) is 25.3 Å². The van der Waals surface area contributed by atoms with Crippen LogP contribution in [-0.2, 0) is 0 Å². The van der Waals surface area contributed by atoms with E-state index in [9.17, 15) is 4.79 Å². The second-order valence-corrected chi connectivity index (χ2v) is 7.67. The Morgan fingerprint density at radius 3 is 2.21 bits per heavy atom. The van der Waals surface area contributed by atoms with E-state index in [1.807, 2.05) is 12.1 Å². The summed E-state index contributed by atoms with van der Waals surface area (Å²) in [5.41, 5.74) is 4.88. The van der Waals surface area contributed by atoms with Crippen molar-refractivity contribution in [1.82, 2.24) is 15.2 Å². The molecule has 0 aliphatic heterocycles. The van der Waals surface area contributed by atoms with Gasteiger partial charge in [0, 0.05) is 16.9 Å². The molecule has 0 aliphatic carbocycles. The van der Waals surface area contributed by atoms with Crippen LogP contribution in [0.4, 0.5) is 23.1 Å². The van der Waals surface area contributed by atoms with E-state index < -0.39 is 0 Å². The summed E-state index contributed by atoms with van der Waals surface area (Å²) >= 11 is 0. The van der Waals surface area contributed by atoms with E-state index in [1.165, 1.54) is 11.1 Å². The molecule has 0 amide bonds. The van der Waals surface area contributed by atoms with Crippen LogP contribution < -0.4 is 10.6 Å². The highest BCUT2D eigenvalue weighted by Crippen LogP contribution is 2.33. The minimum atomic E-state index is 0.0170. The molecule has 3 aromatic rings. The molecule has 6 nitrogen and oxygen atoms in total. The van der Waals surface area contributed by atoms with Gasteiger partial charge < -0.3 is 10.6 Å². The number of hydrogen-bond donors (Lipinski definition) is 2. The molecule has 0 fully saturated rings. The van der Waals surface area contributed by atoms with Crippen molar-refractivity contribution in [3.8, 4) is 0 Å². The molecule has 0 aliphatic rings. The number of ketones is 1. The van der Waals surface area contributed by atoms with Gasteiger partial charge >= 0.3 is 0 Å². The van der Waals surface area contributed by atoms with Crippen LogP contribution in [0.1, 0.15) is 67.9 Å². The zero-order chi connectivity index (χ0) is 21.0. The molecule has 1 heterocycles. The molecule has 2 N–H and O–H groups in total. The van der Waals surface area contributed by atoms with E-state index in [4.69, 9.17) is 0 Å².